The Hall–Kier alpha value is -2.01. The summed E-state index contributed by atoms with van der Waals surface area (Å²) in [6.45, 7) is 7.91. The monoisotopic (exact) mass is 300 g/mol. The smallest absolute Gasteiger partial charge is 0.233 e. The third kappa shape index (κ3) is 3.25. The molecule has 2 aromatic rings. The predicted octanol–water partition coefficient (Wildman–Crippen LogP) is 2.72. The van der Waals surface area contributed by atoms with Crippen molar-refractivity contribution in [3.8, 4) is 0 Å². The highest BCUT2D eigenvalue weighted by atomic mass is 19.1. The van der Waals surface area contributed by atoms with E-state index < -0.39 is 5.95 Å². The molecule has 1 saturated heterocycles. The first-order chi connectivity index (χ1) is 10.5. The maximum absolute atomic E-state index is 13.3. The quantitative estimate of drug-likeness (QED) is 0.872. The molecule has 0 N–H and O–H groups in total. The van der Waals surface area contributed by atoms with E-state index in [0.29, 0.717) is 5.82 Å². The van der Waals surface area contributed by atoms with Gasteiger partial charge in [-0.1, -0.05) is 30.3 Å². The molecule has 5 heteroatoms. The zero-order valence-corrected chi connectivity index (χ0v) is 13.0. The Balaban J connectivity index is 1.72. The van der Waals surface area contributed by atoms with Gasteiger partial charge in [0.25, 0.3) is 0 Å². The highest BCUT2D eigenvalue weighted by Gasteiger charge is 2.34. The molecule has 1 aliphatic rings. The maximum Gasteiger partial charge on any atom is 0.233 e. The van der Waals surface area contributed by atoms with Gasteiger partial charge >= 0.3 is 0 Å². The molecule has 0 saturated carbocycles. The van der Waals surface area contributed by atoms with E-state index in [2.05, 4.69) is 57.9 Å². The van der Waals surface area contributed by atoms with E-state index in [1.54, 1.807) is 6.20 Å². The Labute approximate surface area is 130 Å². The molecule has 0 spiro atoms. The van der Waals surface area contributed by atoms with Crippen molar-refractivity contribution in [2.75, 3.05) is 24.5 Å². The van der Waals surface area contributed by atoms with Gasteiger partial charge in [-0.25, -0.2) is 0 Å². The van der Waals surface area contributed by atoms with Crippen molar-refractivity contribution in [1.82, 2.24) is 14.9 Å². The molecule has 0 unspecified atom stereocenters. The number of rotatable bonds is 3. The second kappa shape index (κ2) is 6.01. The molecule has 0 amide bonds. The van der Waals surface area contributed by atoms with Crippen molar-refractivity contribution >= 4 is 5.82 Å². The van der Waals surface area contributed by atoms with Crippen LogP contribution in [0.3, 0.4) is 0 Å². The highest BCUT2D eigenvalue weighted by molar-refractivity contribution is 5.37. The van der Waals surface area contributed by atoms with Crippen molar-refractivity contribution in [3.05, 3.63) is 54.2 Å². The van der Waals surface area contributed by atoms with Crippen LogP contribution in [-0.4, -0.2) is 40.0 Å². The Morgan fingerprint density at radius 1 is 1.14 bits per heavy atom. The fraction of sp³-hybridized carbons (Fsp3) is 0.412. The molecular formula is C17H21FN4. The SMILES string of the molecule is CC1(C)CN(c2cncc(F)n2)CCN1Cc1ccccc1. The molecule has 0 radical (unpaired) electrons. The molecule has 116 valence electrons. The molecule has 1 aliphatic heterocycles. The predicted molar refractivity (Wildman–Crippen MR) is 85.1 cm³/mol. The maximum atomic E-state index is 13.3. The molecule has 22 heavy (non-hydrogen) atoms. The van der Waals surface area contributed by atoms with E-state index in [9.17, 15) is 4.39 Å². The second-order valence-electron chi connectivity index (χ2n) is 6.34. The van der Waals surface area contributed by atoms with Crippen LogP contribution in [0.15, 0.2) is 42.7 Å². The molecule has 0 atom stereocenters. The zero-order valence-electron chi connectivity index (χ0n) is 13.0. The van der Waals surface area contributed by atoms with E-state index in [1.807, 2.05) is 6.07 Å². The number of benzene rings is 1. The van der Waals surface area contributed by atoms with Crippen LogP contribution >= 0.6 is 0 Å². The van der Waals surface area contributed by atoms with E-state index in [1.165, 1.54) is 5.56 Å². The summed E-state index contributed by atoms with van der Waals surface area (Å²) in [5.74, 6) is 0.0921. The van der Waals surface area contributed by atoms with Crippen molar-refractivity contribution in [1.29, 1.82) is 0 Å². The minimum atomic E-state index is -0.526. The van der Waals surface area contributed by atoms with E-state index in [-0.39, 0.29) is 5.54 Å². The summed E-state index contributed by atoms with van der Waals surface area (Å²) in [4.78, 5) is 12.4. The summed E-state index contributed by atoms with van der Waals surface area (Å²) in [5, 5.41) is 0. The summed E-state index contributed by atoms with van der Waals surface area (Å²) in [7, 11) is 0. The van der Waals surface area contributed by atoms with E-state index in [0.717, 1.165) is 32.4 Å². The molecule has 0 bridgehead atoms. The summed E-state index contributed by atoms with van der Waals surface area (Å²) in [5.41, 5.74) is 1.30. The van der Waals surface area contributed by atoms with Gasteiger partial charge in [-0.2, -0.15) is 9.37 Å². The van der Waals surface area contributed by atoms with Gasteiger partial charge in [-0.3, -0.25) is 9.88 Å². The average Bonchev–Trinajstić information content (AvgIpc) is 2.50. The number of piperazine rings is 1. The molecule has 2 heterocycles. The van der Waals surface area contributed by atoms with Gasteiger partial charge in [0, 0.05) is 31.7 Å². The number of aromatic nitrogens is 2. The standard InChI is InChI=1S/C17H21FN4/c1-17(2)13-21(16-11-19-10-15(18)20-16)8-9-22(17)12-14-6-4-3-5-7-14/h3-7,10-11H,8-9,12-13H2,1-2H3. The van der Waals surface area contributed by atoms with Crippen LogP contribution in [0, 0.1) is 5.95 Å². The second-order valence-corrected chi connectivity index (χ2v) is 6.34. The molecule has 4 nitrogen and oxygen atoms in total. The fourth-order valence-electron chi connectivity index (χ4n) is 2.97. The Morgan fingerprint density at radius 2 is 1.91 bits per heavy atom. The first-order valence-corrected chi connectivity index (χ1v) is 7.56. The molecule has 3 rings (SSSR count). The normalized spacial score (nSPS) is 18.4. The van der Waals surface area contributed by atoms with Gasteiger partial charge in [0.2, 0.25) is 5.95 Å². The summed E-state index contributed by atoms with van der Waals surface area (Å²) >= 11 is 0. The van der Waals surface area contributed by atoms with Gasteiger partial charge in [-0.15, -0.1) is 0 Å². The Bertz CT molecular complexity index is 630. The lowest BCUT2D eigenvalue weighted by molar-refractivity contribution is 0.0958. The number of anilines is 1. The number of hydrogen-bond donors (Lipinski definition) is 0. The summed E-state index contributed by atoms with van der Waals surface area (Å²) in [6, 6.07) is 10.5. The number of halogens is 1. The minimum absolute atomic E-state index is 0.0118. The van der Waals surface area contributed by atoms with Crippen LogP contribution in [0.1, 0.15) is 19.4 Å². The Morgan fingerprint density at radius 3 is 2.59 bits per heavy atom. The van der Waals surface area contributed by atoms with Crippen LogP contribution in [0.25, 0.3) is 0 Å². The number of nitrogens with zero attached hydrogens (tertiary/aromatic N) is 4. The van der Waals surface area contributed by atoms with Crippen LogP contribution < -0.4 is 4.90 Å². The van der Waals surface area contributed by atoms with Gasteiger partial charge in [0.15, 0.2) is 5.82 Å². The average molecular weight is 300 g/mol. The molecule has 0 aliphatic carbocycles. The molecule has 1 fully saturated rings. The lowest BCUT2D eigenvalue weighted by atomic mass is 9.97. The van der Waals surface area contributed by atoms with Crippen molar-refractivity contribution in [2.24, 2.45) is 0 Å². The van der Waals surface area contributed by atoms with Gasteiger partial charge in [-0.05, 0) is 19.4 Å². The van der Waals surface area contributed by atoms with E-state index in [4.69, 9.17) is 0 Å². The topological polar surface area (TPSA) is 32.3 Å². The van der Waals surface area contributed by atoms with Crippen LogP contribution in [0.4, 0.5) is 10.2 Å². The van der Waals surface area contributed by atoms with Crippen LogP contribution in [0.2, 0.25) is 0 Å². The van der Waals surface area contributed by atoms with Gasteiger partial charge in [0.1, 0.15) is 0 Å². The van der Waals surface area contributed by atoms with Crippen molar-refractivity contribution < 1.29 is 4.39 Å². The van der Waals surface area contributed by atoms with Crippen LogP contribution in [0.5, 0.6) is 0 Å². The molecule has 1 aromatic heterocycles. The van der Waals surface area contributed by atoms with Gasteiger partial charge in [0.05, 0.1) is 12.4 Å². The third-order valence-electron chi connectivity index (χ3n) is 4.21. The summed E-state index contributed by atoms with van der Waals surface area (Å²) < 4.78 is 13.3. The Kier molecular flexibility index (Phi) is 4.07. The minimum Gasteiger partial charge on any atom is -0.352 e. The largest absolute Gasteiger partial charge is 0.352 e. The first kappa shape index (κ1) is 14.9. The van der Waals surface area contributed by atoms with E-state index >= 15 is 0 Å². The van der Waals surface area contributed by atoms with Gasteiger partial charge < -0.3 is 4.90 Å². The summed E-state index contributed by atoms with van der Waals surface area (Å²) in [6.07, 6.45) is 2.77. The van der Waals surface area contributed by atoms with Crippen molar-refractivity contribution in [2.45, 2.75) is 25.9 Å². The highest BCUT2D eigenvalue weighted by Crippen LogP contribution is 2.25. The van der Waals surface area contributed by atoms with Crippen LogP contribution in [-0.2, 0) is 6.54 Å². The molecule has 1 aromatic carbocycles. The number of hydrogen-bond acceptors (Lipinski definition) is 4. The lowest BCUT2D eigenvalue weighted by Crippen LogP contribution is -2.59. The van der Waals surface area contributed by atoms with Crippen molar-refractivity contribution in [3.63, 3.8) is 0 Å². The molecular weight excluding hydrogens is 279 g/mol. The third-order valence-corrected chi connectivity index (χ3v) is 4.21. The zero-order chi connectivity index (χ0) is 15.6. The first-order valence-electron chi connectivity index (χ1n) is 7.56. The fourth-order valence-corrected chi connectivity index (χ4v) is 2.97. The lowest BCUT2D eigenvalue weighted by Gasteiger charge is -2.47.